The Labute approximate surface area is 83.9 Å². The highest BCUT2D eigenvalue weighted by atomic mass is 19.1. The Kier molecular flexibility index (Phi) is 2.07. The number of rotatable bonds is 1. The number of hydrogen-bond acceptors (Lipinski definition) is 3. The second kappa shape index (κ2) is 3.27. The van der Waals surface area contributed by atoms with Crippen molar-refractivity contribution in [1.82, 2.24) is 4.98 Å². The third-order valence-corrected chi connectivity index (χ3v) is 2.10. The molecule has 0 unspecified atom stereocenters. The van der Waals surface area contributed by atoms with E-state index in [2.05, 4.69) is 4.98 Å². The molecule has 0 aliphatic rings. The monoisotopic (exact) mass is 209 g/mol. The van der Waals surface area contributed by atoms with Crippen LogP contribution < -0.4 is 10.3 Å². The second-order valence-corrected chi connectivity index (χ2v) is 3.02. The molecule has 78 valence electrons. The van der Waals surface area contributed by atoms with Gasteiger partial charge in [0.2, 0.25) is 0 Å². The van der Waals surface area contributed by atoms with Crippen LogP contribution in [0.25, 0.3) is 10.9 Å². The number of aromatic nitrogens is 1. The lowest BCUT2D eigenvalue weighted by molar-refractivity contribution is 0.389. The van der Waals surface area contributed by atoms with E-state index in [0.29, 0.717) is 5.52 Å². The van der Waals surface area contributed by atoms with Crippen molar-refractivity contribution in [2.75, 3.05) is 7.11 Å². The number of benzene rings is 1. The van der Waals surface area contributed by atoms with Crippen LogP contribution in [0.4, 0.5) is 4.39 Å². The van der Waals surface area contributed by atoms with Crippen LogP contribution in [0.2, 0.25) is 0 Å². The molecule has 0 saturated carbocycles. The predicted molar refractivity (Wildman–Crippen MR) is 52.7 cm³/mol. The van der Waals surface area contributed by atoms with Crippen LogP contribution in [0.15, 0.2) is 23.0 Å². The molecule has 1 aromatic carbocycles. The zero-order chi connectivity index (χ0) is 11.0. The summed E-state index contributed by atoms with van der Waals surface area (Å²) in [7, 11) is 1.29. The zero-order valence-electron chi connectivity index (χ0n) is 7.87. The number of hydrogen-bond donors (Lipinski definition) is 2. The van der Waals surface area contributed by atoms with Gasteiger partial charge in [-0.05, 0) is 12.1 Å². The average Bonchev–Trinajstić information content (AvgIpc) is 2.18. The molecule has 0 radical (unpaired) electrons. The van der Waals surface area contributed by atoms with E-state index >= 15 is 0 Å². The lowest BCUT2D eigenvalue weighted by Crippen LogP contribution is -2.04. The molecular weight excluding hydrogens is 201 g/mol. The number of nitrogens with one attached hydrogen (secondary N) is 1. The van der Waals surface area contributed by atoms with Crippen molar-refractivity contribution < 1.29 is 14.2 Å². The molecule has 15 heavy (non-hydrogen) atoms. The minimum atomic E-state index is -0.590. The Morgan fingerprint density at radius 3 is 2.87 bits per heavy atom. The fraction of sp³-hybridized carbons (Fsp3) is 0.100. The molecule has 0 saturated heterocycles. The molecule has 0 aliphatic carbocycles. The van der Waals surface area contributed by atoms with Gasteiger partial charge < -0.3 is 14.8 Å². The molecule has 2 aromatic rings. The van der Waals surface area contributed by atoms with E-state index in [1.807, 2.05) is 0 Å². The van der Waals surface area contributed by atoms with Gasteiger partial charge in [0, 0.05) is 6.07 Å². The van der Waals surface area contributed by atoms with E-state index in [1.165, 1.54) is 13.2 Å². The van der Waals surface area contributed by atoms with E-state index < -0.39 is 11.4 Å². The van der Waals surface area contributed by atoms with Gasteiger partial charge in [-0.2, -0.15) is 0 Å². The zero-order valence-corrected chi connectivity index (χ0v) is 7.87. The van der Waals surface area contributed by atoms with Crippen LogP contribution >= 0.6 is 0 Å². The number of aromatic hydroxyl groups is 1. The largest absolute Gasteiger partial charge is 0.507 e. The van der Waals surface area contributed by atoms with Gasteiger partial charge >= 0.3 is 0 Å². The molecule has 5 heteroatoms. The van der Waals surface area contributed by atoms with E-state index in [-0.39, 0.29) is 16.9 Å². The smallest absolute Gasteiger partial charge is 0.252 e. The van der Waals surface area contributed by atoms with Crippen molar-refractivity contribution in [3.63, 3.8) is 0 Å². The quantitative estimate of drug-likeness (QED) is 0.745. The summed E-state index contributed by atoms with van der Waals surface area (Å²) < 4.78 is 18.1. The Morgan fingerprint density at radius 1 is 1.47 bits per heavy atom. The Balaban J connectivity index is 2.98. The molecule has 0 atom stereocenters. The van der Waals surface area contributed by atoms with E-state index in [4.69, 9.17) is 4.74 Å². The first-order valence-electron chi connectivity index (χ1n) is 4.22. The van der Waals surface area contributed by atoms with Crippen molar-refractivity contribution in [2.45, 2.75) is 0 Å². The first-order chi connectivity index (χ1) is 7.13. The van der Waals surface area contributed by atoms with Gasteiger partial charge in [0.05, 0.1) is 18.0 Å². The Hall–Kier alpha value is -2.04. The molecule has 0 aliphatic heterocycles. The van der Waals surface area contributed by atoms with E-state index in [1.54, 1.807) is 0 Å². The number of methoxy groups -OCH3 is 1. The normalized spacial score (nSPS) is 10.5. The number of ether oxygens (including phenoxy) is 1. The number of fused-ring (bicyclic) bond motifs is 1. The number of halogens is 1. The maximum Gasteiger partial charge on any atom is 0.252 e. The Bertz CT molecular complexity index is 577. The number of aromatic amines is 1. The lowest BCUT2D eigenvalue weighted by atomic mass is 10.2. The van der Waals surface area contributed by atoms with Crippen molar-refractivity contribution >= 4 is 10.9 Å². The van der Waals surface area contributed by atoms with Crippen molar-refractivity contribution in [3.8, 4) is 11.5 Å². The van der Waals surface area contributed by atoms with Crippen molar-refractivity contribution in [2.24, 2.45) is 0 Å². The molecule has 0 amide bonds. The summed E-state index contributed by atoms with van der Waals surface area (Å²) >= 11 is 0. The molecule has 1 aromatic heterocycles. The average molecular weight is 209 g/mol. The molecule has 1 heterocycles. The summed E-state index contributed by atoms with van der Waals surface area (Å²) in [6.07, 6.45) is 0. The minimum absolute atomic E-state index is 0.0822. The van der Waals surface area contributed by atoms with Crippen LogP contribution in [0.5, 0.6) is 11.5 Å². The third kappa shape index (κ3) is 1.41. The van der Waals surface area contributed by atoms with E-state index in [9.17, 15) is 14.3 Å². The summed E-state index contributed by atoms with van der Waals surface area (Å²) in [5, 5.41) is 9.69. The first-order valence-corrected chi connectivity index (χ1v) is 4.22. The van der Waals surface area contributed by atoms with Crippen LogP contribution in [0.3, 0.4) is 0 Å². The molecule has 0 bridgehead atoms. The highest BCUT2D eigenvalue weighted by Crippen LogP contribution is 2.32. The van der Waals surface area contributed by atoms with Gasteiger partial charge in [-0.3, -0.25) is 4.79 Å². The third-order valence-electron chi connectivity index (χ3n) is 2.10. The summed E-state index contributed by atoms with van der Waals surface area (Å²) in [6.45, 7) is 0. The van der Waals surface area contributed by atoms with Gasteiger partial charge in [0.25, 0.3) is 5.56 Å². The molecule has 2 rings (SSSR count). The van der Waals surface area contributed by atoms with Crippen LogP contribution in [0, 0.1) is 5.82 Å². The number of pyridine rings is 1. The Morgan fingerprint density at radius 2 is 2.20 bits per heavy atom. The molecule has 4 nitrogen and oxygen atoms in total. The highest BCUT2D eigenvalue weighted by Gasteiger charge is 2.12. The fourth-order valence-corrected chi connectivity index (χ4v) is 1.48. The summed E-state index contributed by atoms with van der Waals surface area (Å²) in [4.78, 5) is 13.5. The minimum Gasteiger partial charge on any atom is -0.507 e. The van der Waals surface area contributed by atoms with Gasteiger partial charge in [-0.1, -0.05) is 0 Å². The maximum atomic E-state index is 13.3. The summed E-state index contributed by atoms with van der Waals surface area (Å²) in [5.41, 5.74) is -0.119. The van der Waals surface area contributed by atoms with Gasteiger partial charge in [-0.25, -0.2) is 4.39 Å². The van der Waals surface area contributed by atoms with Gasteiger partial charge in [0.15, 0.2) is 11.6 Å². The molecule has 2 N–H and O–H groups in total. The van der Waals surface area contributed by atoms with Gasteiger partial charge in [-0.15, -0.1) is 0 Å². The van der Waals surface area contributed by atoms with Crippen LogP contribution in [-0.4, -0.2) is 17.2 Å². The molecular formula is C10H8FNO3. The topological polar surface area (TPSA) is 62.3 Å². The van der Waals surface area contributed by atoms with Crippen LogP contribution in [-0.2, 0) is 0 Å². The summed E-state index contributed by atoms with van der Waals surface area (Å²) in [5.74, 6) is -0.973. The predicted octanol–water partition coefficient (Wildman–Crippen LogP) is 1.38. The second-order valence-electron chi connectivity index (χ2n) is 3.02. The van der Waals surface area contributed by atoms with Gasteiger partial charge in [0.1, 0.15) is 5.75 Å². The highest BCUT2D eigenvalue weighted by molar-refractivity contribution is 5.90. The SMILES string of the molecule is COc1c(F)ccc2[nH]c(=O)cc(O)c12. The first kappa shape index (κ1) is 9.51. The summed E-state index contributed by atoms with van der Waals surface area (Å²) in [6, 6.07) is 3.51. The fourth-order valence-electron chi connectivity index (χ4n) is 1.48. The standard InChI is InChI=1S/C10H8FNO3/c1-15-10-5(11)2-3-6-9(10)7(13)4-8(14)12-6/h2-4H,1H3,(H2,12,13,14). The van der Waals surface area contributed by atoms with E-state index in [0.717, 1.165) is 12.1 Å². The maximum absolute atomic E-state index is 13.3. The molecule has 0 fully saturated rings. The van der Waals surface area contributed by atoms with Crippen molar-refractivity contribution in [1.29, 1.82) is 0 Å². The lowest BCUT2D eigenvalue weighted by Gasteiger charge is -2.07. The molecule has 0 spiro atoms. The van der Waals surface area contributed by atoms with Crippen LogP contribution in [0.1, 0.15) is 0 Å². The van der Waals surface area contributed by atoms with Crippen molar-refractivity contribution in [3.05, 3.63) is 34.4 Å². The number of H-pyrrole nitrogens is 1.